The number of benzene rings is 10. The van der Waals surface area contributed by atoms with Gasteiger partial charge in [0.1, 0.15) is 0 Å². The second-order valence-corrected chi connectivity index (χ2v) is 28.4. The van der Waals surface area contributed by atoms with E-state index >= 15 is 0 Å². The number of hydrogen-bond acceptors (Lipinski definition) is 14. The molecule has 0 N–H and O–H groups in total. The van der Waals surface area contributed by atoms with Crippen molar-refractivity contribution in [2.75, 3.05) is 0 Å². The second-order valence-electron chi connectivity index (χ2n) is 28.4. The van der Waals surface area contributed by atoms with Crippen LogP contribution in [-0.2, 0) is 0 Å². The molecule has 120 heavy (non-hydrogen) atoms. The van der Waals surface area contributed by atoms with Crippen molar-refractivity contribution in [3.05, 3.63) is 425 Å². The van der Waals surface area contributed by atoms with Crippen LogP contribution >= 0.6 is 0 Å². The van der Waals surface area contributed by atoms with Gasteiger partial charge in [0.05, 0.1) is 91.1 Å². The summed E-state index contributed by atoms with van der Waals surface area (Å²) in [5.74, 6) is 2.58. The maximum Gasteiger partial charge on any atom is 0.160 e. The SMILES string of the molecule is c1ccc(-c2cc(-c3cc(-c4cc(-c5ccccc5)nc(-c5ccccc5)n4)ccn3)nc(-c3cc(-c4cc(-c5ccccc5)nc(-c5ccccc5)n4)ccn3)c2)cc1.c1ccc(-c2cc(-c3cc(-c4cc(-c5ccccc5)nc(-c5ccccc5)n4)ccn3)nc(-c3ncccc3-c3cc(-c4ccccc4)nc(-c4ccccc4)n3)c2)cc1. The van der Waals surface area contributed by atoms with Crippen molar-refractivity contribution in [1.82, 2.24) is 69.8 Å². The highest BCUT2D eigenvalue weighted by atomic mass is 14.9. The van der Waals surface area contributed by atoms with Gasteiger partial charge in [-0.1, -0.05) is 303 Å². The Bertz CT molecular complexity index is 6570. The zero-order chi connectivity index (χ0) is 80.2. The van der Waals surface area contributed by atoms with Crippen LogP contribution in [0.1, 0.15) is 0 Å². The first-order chi connectivity index (χ1) is 59.4. The minimum absolute atomic E-state index is 0.630. The molecule has 10 aromatic carbocycles. The van der Waals surface area contributed by atoms with Gasteiger partial charge in [-0.2, -0.15) is 0 Å². The van der Waals surface area contributed by atoms with Crippen molar-refractivity contribution < 1.29 is 0 Å². The van der Waals surface area contributed by atoms with Crippen molar-refractivity contribution in [2.45, 2.75) is 0 Å². The van der Waals surface area contributed by atoms with E-state index in [0.717, 1.165) is 135 Å². The van der Waals surface area contributed by atoms with E-state index in [-0.39, 0.29) is 0 Å². The lowest BCUT2D eigenvalue weighted by Gasteiger charge is -2.14. The van der Waals surface area contributed by atoms with E-state index in [0.29, 0.717) is 68.8 Å². The van der Waals surface area contributed by atoms with Crippen LogP contribution in [0.2, 0.25) is 0 Å². The standard InChI is InChI=1S/2C53H35N7/c1-6-17-36(18-7-1)42-32-49(48-31-41(28-30-54-48)46-34-44(37-19-8-2-9-20-37)57-52(59-46)39-23-12-4-13-24-39)56-50(33-42)51-43(27-16-29-55-51)47-35-45(38-21-10-3-11-22-38)58-53(60-47)40-25-14-5-15-26-40;1-6-16-36(17-7-1)43-32-50(48-30-41(26-28-54-48)46-34-44(37-18-8-2-9-19-37)57-52(59-46)39-22-12-4-13-23-39)56-51(33-43)49-31-42(27-29-55-49)47-35-45(38-20-10-3-11-21-38)58-53(60-47)40-24-14-5-15-25-40/h2*1-35H. The monoisotopic (exact) mass is 1540 g/mol. The van der Waals surface area contributed by atoms with Gasteiger partial charge in [0.25, 0.3) is 0 Å². The number of hydrogen-bond donors (Lipinski definition) is 0. The first-order valence-electron chi connectivity index (χ1n) is 39.4. The summed E-state index contributed by atoms with van der Waals surface area (Å²) in [4.78, 5) is 70.5. The van der Waals surface area contributed by atoms with E-state index in [4.69, 9.17) is 69.8 Å². The molecule has 0 saturated carbocycles. The molecule has 0 spiro atoms. The van der Waals surface area contributed by atoms with Gasteiger partial charge in [-0.05, 0) is 119 Å². The molecule has 14 nitrogen and oxygen atoms in total. The van der Waals surface area contributed by atoms with Gasteiger partial charge in [0, 0.05) is 91.5 Å². The van der Waals surface area contributed by atoms with E-state index in [9.17, 15) is 0 Å². The third kappa shape index (κ3) is 16.6. The average molecular weight is 1540 g/mol. The molecule has 0 atom stereocenters. The third-order valence-corrected chi connectivity index (χ3v) is 20.5. The summed E-state index contributed by atoms with van der Waals surface area (Å²) in [6, 6.07) is 134. The Morgan fingerprint density at radius 2 is 0.342 bits per heavy atom. The maximum atomic E-state index is 5.31. The predicted molar refractivity (Wildman–Crippen MR) is 480 cm³/mol. The number of nitrogens with zero attached hydrogens (tertiary/aromatic N) is 14. The van der Waals surface area contributed by atoms with Gasteiger partial charge >= 0.3 is 0 Å². The number of rotatable bonds is 18. The van der Waals surface area contributed by atoms with E-state index in [1.54, 1.807) is 6.20 Å². The first-order valence-corrected chi connectivity index (χ1v) is 39.4. The molecule has 0 unspecified atom stereocenters. The Morgan fingerprint density at radius 1 is 0.117 bits per heavy atom. The summed E-state index contributed by atoms with van der Waals surface area (Å²) in [5.41, 5.74) is 27.4. The summed E-state index contributed by atoms with van der Waals surface area (Å²) in [7, 11) is 0. The number of pyridine rings is 6. The zero-order valence-electron chi connectivity index (χ0n) is 64.7. The molecule has 0 aliphatic heterocycles. The molecule has 10 aromatic heterocycles. The molecule has 0 aliphatic rings. The summed E-state index contributed by atoms with van der Waals surface area (Å²) in [5, 5.41) is 0. The molecule has 0 amide bonds. The molecular weight excluding hydrogens is 1470 g/mol. The van der Waals surface area contributed by atoms with Gasteiger partial charge in [-0.15, -0.1) is 0 Å². The second kappa shape index (κ2) is 34.2. The number of aromatic nitrogens is 14. The van der Waals surface area contributed by atoms with Crippen LogP contribution in [0.5, 0.6) is 0 Å². The van der Waals surface area contributed by atoms with Crippen LogP contribution in [0.3, 0.4) is 0 Å². The van der Waals surface area contributed by atoms with E-state index < -0.39 is 0 Å². The van der Waals surface area contributed by atoms with Crippen molar-refractivity contribution in [3.63, 3.8) is 0 Å². The maximum absolute atomic E-state index is 5.31. The average Bonchev–Trinajstić information content (AvgIpc) is 0.801. The Balaban J connectivity index is 0.000000159. The summed E-state index contributed by atoms with van der Waals surface area (Å²) < 4.78 is 0. The summed E-state index contributed by atoms with van der Waals surface area (Å²) >= 11 is 0. The Hall–Kier alpha value is -16.6. The zero-order valence-corrected chi connectivity index (χ0v) is 64.7. The quantitative estimate of drug-likeness (QED) is 0.0791. The molecule has 0 saturated heterocycles. The topological polar surface area (TPSA) is 180 Å². The fraction of sp³-hybridized carbons (Fsp3) is 0. The Morgan fingerprint density at radius 3 is 0.633 bits per heavy atom. The van der Waals surface area contributed by atoms with Crippen LogP contribution < -0.4 is 0 Å². The molecule has 0 bridgehead atoms. The molecule has 564 valence electrons. The summed E-state index contributed by atoms with van der Waals surface area (Å²) in [6.07, 6.45) is 7.25. The lowest BCUT2D eigenvalue weighted by Crippen LogP contribution is -2.00. The van der Waals surface area contributed by atoms with Crippen molar-refractivity contribution in [1.29, 1.82) is 0 Å². The molecule has 10 heterocycles. The predicted octanol–water partition coefficient (Wildman–Crippen LogP) is 24.9. The lowest BCUT2D eigenvalue weighted by molar-refractivity contribution is 1.17. The molecule has 20 aromatic rings. The van der Waals surface area contributed by atoms with Crippen LogP contribution in [0, 0.1) is 0 Å². The molecule has 14 heteroatoms. The normalized spacial score (nSPS) is 11.0. The van der Waals surface area contributed by atoms with Crippen LogP contribution in [0.4, 0.5) is 0 Å². The van der Waals surface area contributed by atoms with Gasteiger partial charge in [0.2, 0.25) is 0 Å². The molecule has 0 aliphatic carbocycles. The highest BCUT2D eigenvalue weighted by Crippen LogP contribution is 2.40. The van der Waals surface area contributed by atoms with Crippen molar-refractivity contribution >= 4 is 0 Å². The van der Waals surface area contributed by atoms with Crippen LogP contribution in [0.25, 0.3) is 203 Å². The minimum Gasteiger partial charge on any atom is -0.255 e. The highest BCUT2D eigenvalue weighted by Gasteiger charge is 2.22. The van der Waals surface area contributed by atoms with E-state index in [1.807, 2.05) is 316 Å². The Kier molecular flexibility index (Phi) is 21.0. The minimum atomic E-state index is 0.630. The smallest absolute Gasteiger partial charge is 0.160 e. The van der Waals surface area contributed by atoms with Gasteiger partial charge in [-0.25, -0.2) is 49.8 Å². The summed E-state index contributed by atoms with van der Waals surface area (Å²) in [6.45, 7) is 0. The van der Waals surface area contributed by atoms with Gasteiger partial charge in [0.15, 0.2) is 23.3 Å². The van der Waals surface area contributed by atoms with E-state index in [1.165, 1.54) is 0 Å². The third-order valence-electron chi connectivity index (χ3n) is 20.5. The fourth-order valence-corrected chi connectivity index (χ4v) is 14.4. The van der Waals surface area contributed by atoms with Crippen molar-refractivity contribution in [2.24, 2.45) is 0 Å². The van der Waals surface area contributed by atoms with E-state index in [2.05, 4.69) is 103 Å². The first kappa shape index (κ1) is 73.6. The highest BCUT2D eigenvalue weighted by molar-refractivity contribution is 5.86. The van der Waals surface area contributed by atoms with Gasteiger partial charge in [-0.3, -0.25) is 19.9 Å². The molecular formula is C106H70N14. The Labute approximate surface area is 694 Å². The molecule has 20 rings (SSSR count). The largest absolute Gasteiger partial charge is 0.255 e. The van der Waals surface area contributed by atoms with Crippen molar-refractivity contribution in [3.8, 4) is 203 Å². The molecule has 0 radical (unpaired) electrons. The molecule has 0 fully saturated rings. The van der Waals surface area contributed by atoms with Crippen LogP contribution in [-0.4, -0.2) is 69.8 Å². The fourth-order valence-electron chi connectivity index (χ4n) is 14.4. The lowest BCUT2D eigenvalue weighted by atomic mass is 9.99. The van der Waals surface area contributed by atoms with Gasteiger partial charge < -0.3 is 0 Å². The van der Waals surface area contributed by atoms with Crippen LogP contribution in [0.15, 0.2) is 425 Å².